The molecule has 14 rings (SSSR count). The van der Waals surface area contributed by atoms with E-state index in [0.29, 0.717) is 17.5 Å². The molecule has 6 heteroatoms. The predicted octanol–water partition coefficient (Wildman–Crippen LogP) is 16.2. The molecule has 0 unspecified atom stereocenters. The first kappa shape index (κ1) is 37.2. The van der Waals surface area contributed by atoms with Gasteiger partial charge in [0, 0.05) is 69.5 Å². The number of benzene rings is 9. The molecule has 4 heterocycles. The van der Waals surface area contributed by atoms with Crippen molar-refractivity contribution in [3.05, 3.63) is 205 Å². The van der Waals surface area contributed by atoms with Gasteiger partial charge in [-0.15, -0.1) is 11.3 Å². The normalized spacial score (nSPS) is 13.1. The minimum absolute atomic E-state index is 0.181. The molecule has 66 heavy (non-hydrogen) atoms. The van der Waals surface area contributed by atoms with Crippen LogP contribution in [0.4, 0.5) is 0 Å². The molecule has 0 spiro atoms. The molecule has 0 fully saturated rings. The summed E-state index contributed by atoms with van der Waals surface area (Å²) in [6.45, 7) is 4.68. The summed E-state index contributed by atoms with van der Waals surface area (Å²) in [5, 5.41) is 7.15. The number of hydrogen-bond donors (Lipinski definition) is 0. The van der Waals surface area contributed by atoms with Crippen molar-refractivity contribution in [3.8, 4) is 62.1 Å². The van der Waals surface area contributed by atoms with E-state index >= 15 is 0 Å². The number of hydrogen-bond acceptors (Lipinski definition) is 5. The van der Waals surface area contributed by atoms with Gasteiger partial charge >= 0.3 is 0 Å². The summed E-state index contributed by atoms with van der Waals surface area (Å²) in [6.07, 6.45) is 0. The zero-order chi connectivity index (χ0) is 43.7. The number of para-hydroxylation sites is 2. The van der Waals surface area contributed by atoms with Crippen LogP contribution < -0.4 is 0 Å². The van der Waals surface area contributed by atoms with Gasteiger partial charge < -0.3 is 8.98 Å². The van der Waals surface area contributed by atoms with Gasteiger partial charge in [-0.25, -0.2) is 15.0 Å². The van der Waals surface area contributed by atoms with Gasteiger partial charge in [0.15, 0.2) is 17.5 Å². The lowest BCUT2D eigenvalue weighted by atomic mass is 9.81. The Bertz CT molecular complexity index is 4140. The molecule has 0 bridgehead atoms. The number of nitrogens with zero attached hydrogens (tertiary/aromatic N) is 4. The van der Waals surface area contributed by atoms with E-state index in [0.717, 1.165) is 50.0 Å². The maximum atomic E-state index is 6.35. The van der Waals surface area contributed by atoms with Gasteiger partial charge in [0.2, 0.25) is 0 Å². The lowest BCUT2D eigenvalue weighted by Crippen LogP contribution is -2.15. The average molecular weight is 863 g/mol. The Balaban J connectivity index is 0.856. The summed E-state index contributed by atoms with van der Waals surface area (Å²) in [6, 6.07) is 69.5. The Morgan fingerprint density at radius 1 is 0.409 bits per heavy atom. The average Bonchev–Trinajstić information content (AvgIpc) is 4.09. The Morgan fingerprint density at radius 3 is 1.89 bits per heavy atom. The van der Waals surface area contributed by atoms with Gasteiger partial charge in [0.1, 0.15) is 11.2 Å². The highest BCUT2D eigenvalue weighted by Gasteiger charge is 2.36. The quantitative estimate of drug-likeness (QED) is 0.173. The highest BCUT2D eigenvalue weighted by molar-refractivity contribution is 7.25. The highest BCUT2D eigenvalue weighted by atomic mass is 32.1. The molecule has 0 saturated heterocycles. The molecule has 0 aliphatic heterocycles. The van der Waals surface area contributed by atoms with E-state index in [1.54, 1.807) is 11.3 Å². The van der Waals surface area contributed by atoms with Gasteiger partial charge in [-0.1, -0.05) is 129 Å². The van der Waals surface area contributed by atoms with Crippen LogP contribution in [0.25, 0.3) is 126 Å². The molecular weight excluding hydrogens is 825 g/mol. The molecule has 4 aromatic heterocycles. The predicted molar refractivity (Wildman–Crippen MR) is 274 cm³/mol. The number of aromatic nitrogens is 4. The molecule has 0 N–H and O–H groups in total. The number of rotatable bonds is 5. The third-order valence-corrected chi connectivity index (χ3v) is 15.0. The Kier molecular flexibility index (Phi) is 7.84. The summed E-state index contributed by atoms with van der Waals surface area (Å²) < 4.78 is 11.2. The molecule has 0 amide bonds. The smallest absolute Gasteiger partial charge is 0.164 e. The minimum Gasteiger partial charge on any atom is -0.456 e. The van der Waals surface area contributed by atoms with Gasteiger partial charge in [-0.3, -0.25) is 0 Å². The Morgan fingerprint density at radius 2 is 1.05 bits per heavy atom. The first-order chi connectivity index (χ1) is 32.4. The molecule has 0 saturated carbocycles. The maximum absolute atomic E-state index is 6.35. The van der Waals surface area contributed by atoms with Gasteiger partial charge in [0.05, 0.1) is 11.0 Å². The van der Waals surface area contributed by atoms with Crippen LogP contribution >= 0.6 is 11.3 Å². The van der Waals surface area contributed by atoms with E-state index in [4.69, 9.17) is 19.4 Å². The summed E-state index contributed by atoms with van der Waals surface area (Å²) in [4.78, 5) is 15.4. The summed E-state index contributed by atoms with van der Waals surface area (Å²) in [7, 11) is 0. The third kappa shape index (κ3) is 5.49. The lowest BCUT2D eigenvalue weighted by molar-refractivity contribution is 0.647. The first-order valence-electron chi connectivity index (χ1n) is 22.4. The summed E-state index contributed by atoms with van der Waals surface area (Å²) in [5.74, 6) is 1.95. The van der Waals surface area contributed by atoms with Crippen molar-refractivity contribution in [1.29, 1.82) is 0 Å². The second kappa shape index (κ2) is 13.9. The van der Waals surface area contributed by atoms with Crippen molar-refractivity contribution in [1.82, 2.24) is 19.5 Å². The van der Waals surface area contributed by atoms with Crippen molar-refractivity contribution < 1.29 is 4.42 Å². The van der Waals surface area contributed by atoms with Crippen LogP contribution in [-0.4, -0.2) is 19.5 Å². The van der Waals surface area contributed by atoms with Crippen LogP contribution in [0.1, 0.15) is 25.0 Å². The zero-order valence-electron chi connectivity index (χ0n) is 36.1. The van der Waals surface area contributed by atoms with Gasteiger partial charge in [-0.05, 0) is 112 Å². The largest absolute Gasteiger partial charge is 0.456 e. The second-order valence-electron chi connectivity index (χ2n) is 18.0. The van der Waals surface area contributed by atoms with Crippen LogP contribution in [0.2, 0.25) is 0 Å². The van der Waals surface area contributed by atoms with Crippen LogP contribution in [0.5, 0.6) is 0 Å². The SMILES string of the molecule is CC1(C)c2cc(-c3ccc4c(c3)c3ccccc3n4-c3ccc(-c4nc(-c5ccccc5)nc(-c5cccc6sc7ccccc7c56)n4)cc3)ccc2-c2cc3c(cc21)oc1ccccc13. The Hall–Kier alpha value is -8.19. The van der Waals surface area contributed by atoms with Crippen molar-refractivity contribution >= 4 is 75.3 Å². The van der Waals surface area contributed by atoms with Crippen LogP contribution in [0, 0.1) is 0 Å². The topological polar surface area (TPSA) is 56.7 Å². The fraction of sp³-hybridized carbons (Fsp3) is 0.0500. The third-order valence-electron chi connectivity index (χ3n) is 13.9. The molecule has 0 radical (unpaired) electrons. The van der Waals surface area contributed by atoms with E-state index in [9.17, 15) is 0 Å². The van der Waals surface area contributed by atoms with E-state index in [1.165, 1.54) is 69.7 Å². The maximum Gasteiger partial charge on any atom is 0.164 e. The molecular formula is C60H38N4OS. The second-order valence-corrected chi connectivity index (χ2v) is 19.0. The van der Waals surface area contributed by atoms with Crippen LogP contribution in [0.3, 0.4) is 0 Å². The van der Waals surface area contributed by atoms with E-state index < -0.39 is 0 Å². The lowest BCUT2D eigenvalue weighted by Gasteiger charge is -2.22. The van der Waals surface area contributed by atoms with Crippen LogP contribution in [0.15, 0.2) is 199 Å². The highest BCUT2D eigenvalue weighted by Crippen LogP contribution is 2.52. The van der Waals surface area contributed by atoms with Crippen molar-refractivity contribution in [2.75, 3.05) is 0 Å². The zero-order valence-corrected chi connectivity index (χ0v) is 36.9. The van der Waals surface area contributed by atoms with Crippen molar-refractivity contribution in [3.63, 3.8) is 0 Å². The fourth-order valence-electron chi connectivity index (χ4n) is 10.6. The minimum atomic E-state index is -0.181. The fourth-order valence-corrected chi connectivity index (χ4v) is 11.8. The van der Waals surface area contributed by atoms with E-state index in [-0.39, 0.29) is 5.41 Å². The Labute approximate surface area is 383 Å². The molecule has 1 aliphatic rings. The number of furan rings is 1. The molecule has 0 atom stereocenters. The standard InChI is InChI=1S/C60H38N4OS/c1-60(2)48-32-38(25-29-40(48)45-33-47-42-16-7-10-20-52(42)65-53(47)34-49(45)60)37-26-30-51-46(31-37)41-15-6-9-19-50(41)64(51)39-27-23-36(24-28-39)58-61-57(35-13-4-3-5-14-35)62-59(63-58)44-18-12-22-55-56(44)43-17-8-11-21-54(43)66-55/h3-34H,1-2H3. The molecule has 9 aromatic carbocycles. The summed E-state index contributed by atoms with van der Waals surface area (Å²) in [5.41, 5.74) is 15.6. The van der Waals surface area contributed by atoms with Crippen molar-refractivity contribution in [2.45, 2.75) is 19.3 Å². The van der Waals surface area contributed by atoms with E-state index in [2.05, 4.69) is 188 Å². The molecule has 5 nitrogen and oxygen atoms in total. The summed E-state index contributed by atoms with van der Waals surface area (Å²) >= 11 is 1.80. The number of thiophene rings is 1. The van der Waals surface area contributed by atoms with Crippen LogP contribution in [-0.2, 0) is 5.41 Å². The number of fused-ring (bicyclic) bond motifs is 12. The van der Waals surface area contributed by atoms with Gasteiger partial charge in [0.25, 0.3) is 0 Å². The molecule has 13 aromatic rings. The van der Waals surface area contributed by atoms with E-state index in [1.807, 2.05) is 24.3 Å². The van der Waals surface area contributed by atoms with Crippen molar-refractivity contribution in [2.24, 2.45) is 0 Å². The van der Waals surface area contributed by atoms with Gasteiger partial charge in [-0.2, -0.15) is 0 Å². The molecule has 310 valence electrons. The first-order valence-corrected chi connectivity index (χ1v) is 23.2. The monoisotopic (exact) mass is 862 g/mol. The molecule has 1 aliphatic carbocycles.